The van der Waals surface area contributed by atoms with E-state index < -0.39 is 0 Å². The molecule has 0 nitrogen and oxygen atoms in total. The van der Waals surface area contributed by atoms with E-state index in [-0.39, 0.29) is 0 Å². The standard InChI is InChI=1S/C13H17P/c1-9(2)10(3)8-12-6-5-7-13(14)11(12)4/h5-8H,1,14H2,2-4H3/b10-8-. The molecule has 0 aromatic heterocycles. The molecule has 0 radical (unpaired) electrons. The molecule has 0 fully saturated rings. The van der Waals surface area contributed by atoms with Gasteiger partial charge in [-0.1, -0.05) is 36.4 Å². The number of allylic oxidation sites excluding steroid dienone is 2. The second-order valence-corrected chi connectivity index (χ2v) is 4.29. The summed E-state index contributed by atoms with van der Waals surface area (Å²) in [6.45, 7) is 10.2. The van der Waals surface area contributed by atoms with Crippen LogP contribution in [0.15, 0.2) is 35.9 Å². The second-order valence-electron chi connectivity index (χ2n) is 3.67. The van der Waals surface area contributed by atoms with Crippen LogP contribution in [0.2, 0.25) is 0 Å². The Morgan fingerprint density at radius 3 is 2.57 bits per heavy atom. The van der Waals surface area contributed by atoms with Gasteiger partial charge in [0.1, 0.15) is 0 Å². The largest absolute Gasteiger partial charge is 0.105 e. The van der Waals surface area contributed by atoms with Gasteiger partial charge in [0.2, 0.25) is 0 Å². The SMILES string of the molecule is C=C(C)/C(C)=C\c1cccc(P)c1C. The molecule has 1 atom stereocenters. The number of hydrogen-bond donors (Lipinski definition) is 0. The van der Waals surface area contributed by atoms with Gasteiger partial charge >= 0.3 is 0 Å². The van der Waals surface area contributed by atoms with E-state index in [0.29, 0.717) is 0 Å². The summed E-state index contributed by atoms with van der Waals surface area (Å²) >= 11 is 0. The van der Waals surface area contributed by atoms with Crippen molar-refractivity contribution in [2.45, 2.75) is 20.8 Å². The molecule has 14 heavy (non-hydrogen) atoms. The topological polar surface area (TPSA) is 0 Å². The van der Waals surface area contributed by atoms with Gasteiger partial charge in [0.05, 0.1) is 0 Å². The molecule has 0 heterocycles. The van der Waals surface area contributed by atoms with E-state index in [1.165, 1.54) is 22.0 Å². The number of rotatable bonds is 2. The molecule has 0 amide bonds. The van der Waals surface area contributed by atoms with Crippen molar-refractivity contribution in [3.63, 3.8) is 0 Å². The summed E-state index contributed by atoms with van der Waals surface area (Å²) < 4.78 is 0. The number of benzene rings is 1. The smallest absolute Gasteiger partial charge is 0.0218 e. The maximum absolute atomic E-state index is 3.93. The Bertz CT molecular complexity index is 386. The van der Waals surface area contributed by atoms with Crippen molar-refractivity contribution in [3.05, 3.63) is 47.1 Å². The molecule has 0 aliphatic carbocycles. The molecule has 0 saturated carbocycles. The molecular formula is C13H17P. The molecule has 1 rings (SSSR count). The van der Waals surface area contributed by atoms with Crippen LogP contribution in [0.1, 0.15) is 25.0 Å². The van der Waals surface area contributed by atoms with Crippen molar-refractivity contribution in [2.24, 2.45) is 0 Å². The Balaban J connectivity index is 3.15. The average Bonchev–Trinajstić information content (AvgIpc) is 2.12. The van der Waals surface area contributed by atoms with Gasteiger partial charge in [-0.25, -0.2) is 0 Å². The third-order valence-electron chi connectivity index (χ3n) is 2.46. The van der Waals surface area contributed by atoms with Crippen LogP contribution < -0.4 is 5.30 Å². The first-order chi connectivity index (χ1) is 6.52. The van der Waals surface area contributed by atoms with Gasteiger partial charge in [-0.05, 0) is 42.8 Å². The van der Waals surface area contributed by atoms with Crippen LogP contribution in [0.4, 0.5) is 0 Å². The molecule has 0 aliphatic rings. The van der Waals surface area contributed by atoms with Gasteiger partial charge in [-0.15, -0.1) is 9.24 Å². The summed E-state index contributed by atoms with van der Waals surface area (Å²) in [5.41, 5.74) is 4.96. The molecule has 0 N–H and O–H groups in total. The zero-order valence-corrected chi connectivity index (χ0v) is 10.2. The molecular weight excluding hydrogens is 187 g/mol. The summed E-state index contributed by atoms with van der Waals surface area (Å²) in [7, 11) is 2.75. The zero-order chi connectivity index (χ0) is 10.7. The van der Waals surface area contributed by atoms with Crippen LogP contribution in [0.25, 0.3) is 6.08 Å². The summed E-state index contributed by atoms with van der Waals surface area (Å²) in [6.07, 6.45) is 2.19. The van der Waals surface area contributed by atoms with E-state index >= 15 is 0 Å². The minimum absolute atomic E-state index is 1.12. The maximum Gasteiger partial charge on any atom is -0.0218 e. The molecule has 1 heteroatoms. The fourth-order valence-electron chi connectivity index (χ4n) is 1.18. The van der Waals surface area contributed by atoms with Crippen molar-refractivity contribution in [1.82, 2.24) is 0 Å². The van der Waals surface area contributed by atoms with Crippen LogP contribution in [0, 0.1) is 6.92 Å². The number of hydrogen-bond acceptors (Lipinski definition) is 0. The molecule has 1 aromatic rings. The minimum Gasteiger partial charge on any atom is -0.105 e. The van der Waals surface area contributed by atoms with Gasteiger partial charge in [0.15, 0.2) is 0 Å². The van der Waals surface area contributed by atoms with Crippen molar-refractivity contribution < 1.29 is 0 Å². The van der Waals surface area contributed by atoms with Crippen LogP contribution in [0.3, 0.4) is 0 Å². The highest BCUT2D eigenvalue weighted by Crippen LogP contribution is 2.15. The first kappa shape index (κ1) is 11.2. The maximum atomic E-state index is 3.93. The third kappa shape index (κ3) is 2.56. The first-order valence-electron chi connectivity index (χ1n) is 4.71. The van der Waals surface area contributed by atoms with Crippen LogP contribution in [-0.4, -0.2) is 0 Å². The van der Waals surface area contributed by atoms with Crippen molar-refractivity contribution >= 4 is 20.6 Å². The normalized spacial score (nSPS) is 11.6. The summed E-state index contributed by atoms with van der Waals surface area (Å²) in [6, 6.07) is 6.32. The Morgan fingerprint density at radius 1 is 1.36 bits per heavy atom. The van der Waals surface area contributed by atoms with E-state index in [9.17, 15) is 0 Å². The van der Waals surface area contributed by atoms with Gasteiger partial charge in [-0.3, -0.25) is 0 Å². The van der Waals surface area contributed by atoms with Crippen LogP contribution in [-0.2, 0) is 0 Å². The first-order valence-corrected chi connectivity index (χ1v) is 5.29. The fraction of sp³-hybridized carbons (Fsp3) is 0.231. The Hall–Kier alpha value is -0.870. The molecule has 0 aliphatic heterocycles. The van der Waals surface area contributed by atoms with Gasteiger partial charge in [0.25, 0.3) is 0 Å². The Labute approximate surface area is 88.9 Å². The molecule has 1 aromatic carbocycles. The predicted octanol–water partition coefficient (Wildman–Crippen LogP) is 3.47. The molecule has 0 spiro atoms. The lowest BCUT2D eigenvalue weighted by molar-refractivity contribution is 1.37. The van der Waals surface area contributed by atoms with Crippen LogP contribution in [0.5, 0.6) is 0 Å². The molecule has 74 valence electrons. The van der Waals surface area contributed by atoms with Crippen molar-refractivity contribution in [1.29, 1.82) is 0 Å². The van der Waals surface area contributed by atoms with E-state index in [1.807, 2.05) is 6.92 Å². The molecule has 0 bridgehead atoms. The van der Waals surface area contributed by atoms with Crippen molar-refractivity contribution in [3.8, 4) is 0 Å². The summed E-state index contributed by atoms with van der Waals surface area (Å²) in [4.78, 5) is 0. The third-order valence-corrected chi connectivity index (χ3v) is 3.09. The fourth-order valence-corrected chi connectivity index (χ4v) is 1.46. The Kier molecular flexibility index (Phi) is 3.66. The average molecular weight is 204 g/mol. The highest BCUT2D eigenvalue weighted by Gasteiger charge is 1.98. The van der Waals surface area contributed by atoms with Crippen molar-refractivity contribution in [2.75, 3.05) is 0 Å². The minimum atomic E-state index is 1.12. The monoisotopic (exact) mass is 204 g/mol. The van der Waals surface area contributed by atoms with E-state index in [4.69, 9.17) is 0 Å². The summed E-state index contributed by atoms with van der Waals surface area (Å²) in [5, 5.41) is 1.26. The van der Waals surface area contributed by atoms with Crippen LogP contribution >= 0.6 is 9.24 Å². The van der Waals surface area contributed by atoms with E-state index in [2.05, 4.69) is 53.9 Å². The highest BCUT2D eigenvalue weighted by molar-refractivity contribution is 7.27. The van der Waals surface area contributed by atoms with Gasteiger partial charge < -0.3 is 0 Å². The van der Waals surface area contributed by atoms with E-state index in [1.54, 1.807) is 0 Å². The Morgan fingerprint density at radius 2 is 2.00 bits per heavy atom. The molecule has 0 saturated heterocycles. The van der Waals surface area contributed by atoms with Gasteiger partial charge in [0, 0.05) is 0 Å². The lowest BCUT2D eigenvalue weighted by atomic mass is 10.0. The molecule has 1 unspecified atom stereocenters. The van der Waals surface area contributed by atoms with Gasteiger partial charge in [-0.2, -0.15) is 0 Å². The lowest BCUT2D eigenvalue weighted by Crippen LogP contribution is -1.98. The van der Waals surface area contributed by atoms with E-state index in [0.717, 1.165) is 5.57 Å². The summed E-state index contributed by atoms with van der Waals surface area (Å²) in [5.74, 6) is 0. The highest BCUT2D eigenvalue weighted by atomic mass is 31.0. The second kappa shape index (κ2) is 4.57. The predicted molar refractivity (Wildman–Crippen MR) is 69.0 cm³/mol. The lowest BCUT2D eigenvalue weighted by Gasteiger charge is -2.05. The zero-order valence-electron chi connectivity index (χ0n) is 9.09. The quantitative estimate of drug-likeness (QED) is 0.511.